The summed E-state index contributed by atoms with van der Waals surface area (Å²) in [4.78, 5) is 19.4. The fourth-order valence-electron chi connectivity index (χ4n) is 3.25. The topological polar surface area (TPSA) is 41.9 Å². The van der Waals surface area contributed by atoms with Crippen molar-refractivity contribution in [2.75, 3.05) is 11.5 Å². The first-order valence-electron chi connectivity index (χ1n) is 9.76. The van der Waals surface area contributed by atoms with Crippen LogP contribution in [0.1, 0.15) is 23.6 Å². The number of aliphatic imine (C=N–C) groups is 1. The molecular weight excluding hydrogens is 379 g/mol. The van der Waals surface area contributed by atoms with Gasteiger partial charge in [0.1, 0.15) is 23.1 Å². The molecule has 1 amide bonds. The zero-order valence-corrected chi connectivity index (χ0v) is 16.8. The summed E-state index contributed by atoms with van der Waals surface area (Å²) in [6, 6.07) is 21.4. The maximum atomic E-state index is 14.1. The van der Waals surface area contributed by atoms with Gasteiger partial charge in [0, 0.05) is 11.1 Å². The fraction of sp³-hybridized carbons (Fsp3) is 0.120. The minimum absolute atomic E-state index is 0.185. The van der Waals surface area contributed by atoms with Crippen molar-refractivity contribution in [3.63, 3.8) is 0 Å². The monoisotopic (exact) mass is 400 g/mol. The van der Waals surface area contributed by atoms with Gasteiger partial charge in [0.25, 0.3) is 5.91 Å². The van der Waals surface area contributed by atoms with Crippen molar-refractivity contribution < 1.29 is 13.9 Å². The average Bonchev–Trinajstić information content (AvgIpc) is 3.07. The van der Waals surface area contributed by atoms with Crippen molar-refractivity contribution in [3.05, 3.63) is 101 Å². The maximum absolute atomic E-state index is 14.1. The Labute approximate surface area is 175 Å². The number of amidine groups is 1. The third-order valence-electron chi connectivity index (χ3n) is 4.77. The van der Waals surface area contributed by atoms with Crippen LogP contribution >= 0.6 is 0 Å². The highest BCUT2D eigenvalue weighted by molar-refractivity contribution is 6.33. The Bertz CT molecular complexity index is 1130. The van der Waals surface area contributed by atoms with Crippen molar-refractivity contribution >= 4 is 23.5 Å². The standard InChI is InChI=1S/C25H21FN2O2/c1-3-30-21-14-12-20(13-15-21)28-24(18-10-8-17(2)9-11-18)27-23(25(28)29)16-19-6-4-5-7-22(19)26/h4-16H,3H2,1-2H3/b23-16+. The highest BCUT2D eigenvalue weighted by Crippen LogP contribution is 2.29. The lowest BCUT2D eigenvalue weighted by atomic mass is 10.1. The highest BCUT2D eigenvalue weighted by Gasteiger charge is 2.32. The summed E-state index contributed by atoms with van der Waals surface area (Å²) in [7, 11) is 0. The number of ether oxygens (including phenoxy) is 1. The Morgan fingerprint density at radius 3 is 2.37 bits per heavy atom. The Morgan fingerprint density at radius 1 is 1.00 bits per heavy atom. The lowest BCUT2D eigenvalue weighted by Gasteiger charge is -2.19. The van der Waals surface area contributed by atoms with Crippen molar-refractivity contribution in [3.8, 4) is 5.75 Å². The van der Waals surface area contributed by atoms with Crippen LogP contribution in [0.25, 0.3) is 6.08 Å². The molecule has 4 rings (SSSR count). The largest absolute Gasteiger partial charge is 0.494 e. The molecule has 0 saturated heterocycles. The van der Waals surface area contributed by atoms with E-state index >= 15 is 0 Å². The smallest absolute Gasteiger partial charge is 0.282 e. The van der Waals surface area contributed by atoms with E-state index in [1.165, 1.54) is 12.1 Å². The molecular formula is C25H21FN2O2. The molecule has 30 heavy (non-hydrogen) atoms. The van der Waals surface area contributed by atoms with Crippen LogP contribution in [0, 0.1) is 12.7 Å². The van der Waals surface area contributed by atoms with E-state index in [4.69, 9.17) is 4.74 Å². The molecule has 0 spiro atoms. The minimum atomic E-state index is -0.399. The molecule has 5 heteroatoms. The molecule has 0 bridgehead atoms. The van der Waals surface area contributed by atoms with Gasteiger partial charge in [0.2, 0.25) is 0 Å². The number of amides is 1. The van der Waals surface area contributed by atoms with Gasteiger partial charge < -0.3 is 4.74 Å². The molecule has 3 aromatic rings. The molecule has 0 saturated carbocycles. The minimum Gasteiger partial charge on any atom is -0.494 e. The number of rotatable bonds is 5. The van der Waals surface area contributed by atoms with E-state index in [-0.39, 0.29) is 11.6 Å². The summed E-state index contributed by atoms with van der Waals surface area (Å²) in [5.74, 6) is 0.526. The maximum Gasteiger partial charge on any atom is 0.282 e. The van der Waals surface area contributed by atoms with Crippen LogP contribution in [0.3, 0.4) is 0 Å². The zero-order valence-electron chi connectivity index (χ0n) is 16.8. The second-order valence-electron chi connectivity index (χ2n) is 6.92. The molecule has 0 unspecified atom stereocenters. The first-order valence-corrected chi connectivity index (χ1v) is 9.76. The van der Waals surface area contributed by atoms with E-state index in [0.29, 0.717) is 23.7 Å². The van der Waals surface area contributed by atoms with Gasteiger partial charge in [0.15, 0.2) is 0 Å². The normalized spacial score (nSPS) is 14.9. The summed E-state index contributed by atoms with van der Waals surface area (Å²) in [6.07, 6.45) is 1.49. The number of nitrogens with zero attached hydrogens (tertiary/aromatic N) is 2. The van der Waals surface area contributed by atoms with Crippen LogP contribution in [0.2, 0.25) is 0 Å². The fourth-order valence-corrected chi connectivity index (χ4v) is 3.25. The quantitative estimate of drug-likeness (QED) is 0.541. The lowest BCUT2D eigenvalue weighted by Crippen LogP contribution is -2.32. The Morgan fingerprint density at radius 2 is 1.70 bits per heavy atom. The third kappa shape index (κ3) is 3.87. The SMILES string of the molecule is CCOc1ccc(N2C(=O)/C(=C\c3ccccc3F)N=C2c2ccc(C)cc2)cc1. The molecule has 1 aliphatic rings. The zero-order chi connectivity index (χ0) is 21.1. The number of halogens is 1. The first-order chi connectivity index (χ1) is 14.6. The molecule has 0 fully saturated rings. The number of anilines is 1. The molecule has 1 heterocycles. The molecule has 0 N–H and O–H groups in total. The van der Waals surface area contributed by atoms with Gasteiger partial charge in [-0.15, -0.1) is 0 Å². The van der Waals surface area contributed by atoms with E-state index in [9.17, 15) is 9.18 Å². The van der Waals surface area contributed by atoms with Gasteiger partial charge in [-0.1, -0.05) is 48.0 Å². The van der Waals surface area contributed by atoms with Gasteiger partial charge in [-0.2, -0.15) is 0 Å². The van der Waals surface area contributed by atoms with Crippen LogP contribution in [0.15, 0.2) is 83.5 Å². The van der Waals surface area contributed by atoms with Crippen molar-refractivity contribution in [2.24, 2.45) is 4.99 Å². The van der Waals surface area contributed by atoms with Crippen LogP contribution in [-0.2, 0) is 4.79 Å². The Hall–Kier alpha value is -3.73. The Balaban J connectivity index is 1.79. The summed E-state index contributed by atoms with van der Waals surface area (Å²) < 4.78 is 19.6. The molecule has 0 aromatic heterocycles. The second kappa shape index (κ2) is 8.33. The molecule has 150 valence electrons. The Kier molecular flexibility index (Phi) is 5.44. The van der Waals surface area contributed by atoms with Gasteiger partial charge >= 0.3 is 0 Å². The first kappa shape index (κ1) is 19.6. The molecule has 3 aromatic carbocycles. The predicted octanol–water partition coefficient (Wildman–Crippen LogP) is 5.37. The van der Waals surface area contributed by atoms with Crippen LogP contribution in [-0.4, -0.2) is 18.3 Å². The number of benzene rings is 3. The van der Waals surface area contributed by atoms with Crippen molar-refractivity contribution in [2.45, 2.75) is 13.8 Å². The molecule has 0 aliphatic carbocycles. The van der Waals surface area contributed by atoms with E-state index < -0.39 is 5.82 Å². The van der Waals surface area contributed by atoms with Crippen LogP contribution in [0.5, 0.6) is 5.75 Å². The number of aryl methyl sites for hydroxylation is 1. The van der Waals surface area contributed by atoms with Gasteiger partial charge in [0.05, 0.1) is 12.3 Å². The van der Waals surface area contributed by atoms with Gasteiger partial charge in [-0.3, -0.25) is 9.69 Å². The third-order valence-corrected chi connectivity index (χ3v) is 4.77. The molecule has 0 atom stereocenters. The average molecular weight is 400 g/mol. The van der Waals surface area contributed by atoms with E-state index in [0.717, 1.165) is 16.9 Å². The van der Waals surface area contributed by atoms with E-state index in [1.54, 1.807) is 23.1 Å². The second-order valence-corrected chi connectivity index (χ2v) is 6.92. The van der Waals surface area contributed by atoms with Crippen molar-refractivity contribution in [1.29, 1.82) is 0 Å². The predicted molar refractivity (Wildman–Crippen MR) is 117 cm³/mol. The summed E-state index contributed by atoms with van der Waals surface area (Å²) in [6.45, 7) is 4.48. The molecule has 1 aliphatic heterocycles. The van der Waals surface area contributed by atoms with E-state index in [1.807, 2.05) is 62.4 Å². The van der Waals surface area contributed by atoms with Crippen molar-refractivity contribution in [1.82, 2.24) is 0 Å². The van der Waals surface area contributed by atoms with Gasteiger partial charge in [-0.05, 0) is 50.3 Å². The number of carbonyl (C=O) groups excluding carboxylic acids is 1. The van der Waals surface area contributed by atoms with Gasteiger partial charge in [-0.25, -0.2) is 9.38 Å². The molecule has 0 radical (unpaired) electrons. The summed E-state index contributed by atoms with van der Waals surface area (Å²) in [5.41, 5.74) is 3.09. The van der Waals surface area contributed by atoms with Crippen LogP contribution < -0.4 is 9.64 Å². The number of hydrogen-bond donors (Lipinski definition) is 0. The van der Waals surface area contributed by atoms with Crippen LogP contribution in [0.4, 0.5) is 10.1 Å². The highest BCUT2D eigenvalue weighted by atomic mass is 19.1. The lowest BCUT2D eigenvalue weighted by molar-refractivity contribution is -0.113. The number of carbonyl (C=O) groups is 1. The number of hydrogen-bond acceptors (Lipinski definition) is 3. The summed E-state index contributed by atoms with van der Waals surface area (Å²) >= 11 is 0. The molecule has 4 nitrogen and oxygen atoms in total. The summed E-state index contributed by atoms with van der Waals surface area (Å²) in [5, 5.41) is 0. The van der Waals surface area contributed by atoms with E-state index in [2.05, 4.69) is 4.99 Å².